The van der Waals surface area contributed by atoms with Crippen LogP contribution in [-0.4, -0.2) is 33.0 Å². The van der Waals surface area contributed by atoms with Crippen LogP contribution < -0.4 is 5.73 Å². The number of benzene rings is 1. The van der Waals surface area contributed by atoms with Crippen molar-refractivity contribution in [2.75, 3.05) is 13.1 Å². The van der Waals surface area contributed by atoms with Crippen LogP contribution >= 0.6 is 0 Å². The zero-order valence-electron chi connectivity index (χ0n) is 16.2. The van der Waals surface area contributed by atoms with Crippen LogP contribution in [0.25, 0.3) is 0 Å². The van der Waals surface area contributed by atoms with Gasteiger partial charge < -0.3 is 5.73 Å². The van der Waals surface area contributed by atoms with Gasteiger partial charge in [-0.25, -0.2) is 4.68 Å². The van der Waals surface area contributed by atoms with Gasteiger partial charge >= 0.3 is 0 Å². The Morgan fingerprint density at radius 2 is 1.72 bits per heavy atom. The molecule has 0 spiro atoms. The fourth-order valence-corrected chi connectivity index (χ4v) is 3.78. The number of nitrogens with zero attached hydrogens (tertiary/aromatic N) is 4. The fraction of sp³-hybridized carbons (Fsp3) is 0.600. The zero-order chi connectivity index (χ0) is 18.2. The van der Waals surface area contributed by atoms with Gasteiger partial charge in [-0.2, -0.15) is 0 Å². The van der Waals surface area contributed by atoms with Gasteiger partial charge in [0, 0.05) is 19.6 Å². The van der Waals surface area contributed by atoms with Gasteiger partial charge in [-0.05, 0) is 64.2 Å². The Labute approximate surface area is 151 Å². The average Bonchev–Trinajstić information content (AvgIpc) is 3.01. The molecule has 1 aliphatic rings. The quantitative estimate of drug-likeness (QED) is 0.927. The molecule has 5 nitrogen and oxygen atoms in total. The molecule has 0 aliphatic carbocycles. The summed E-state index contributed by atoms with van der Waals surface area (Å²) in [6.07, 6.45) is 4.24. The summed E-state index contributed by atoms with van der Waals surface area (Å²) >= 11 is 0. The molecular formula is C20H31N5. The molecule has 2 N–H and O–H groups in total. The first-order valence-electron chi connectivity index (χ1n) is 9.24. The fourth-order valence-electron chi connectivity index (χ4n) is 3.78. The van der Waals surface area contributed by atoms with E-state index < -0.39 is 5.54 Å². The van der Waals surface area contributed by atoms with Crippen molar-refractivity contribution in [2.45, 2.75) is 65.6 Å². The number of hydrogen-bond acceptors (Lipinski definition) is 4. The number of nitrogens with two attached hydrogens (primary N) is 1. The van der Waals surface area contributed by atoms with Crippen LogP contribution in [0.1, 0.15) is 60.7 Å². The number of aromatic nitrogens is 3. The molecule has 1 aliphatic heterocycles. The molecular weight excluding hydrogens is 310 g/mol. The van der Waals surface area contributed by atoms with Gasteiger partial charge in [0.2, 0.25) is 0 Å². The van der Waals surface area contributed by atoms with E-state index >= 15 is 0 Å². The van der Waals surface area contributed by atoms with E-state index in [9.17, 15) is 0 Å². The van der Waals surface area contributed by atoms with Gasteiger partial charge in [-0.1, -0.05) is 22.9 Å². The number of rotatable bonds is 4. The van der Waals surface area contributed by atoms with Crippen LogP contribution in [-0.2, 0) is 12.1 Å². The van der Waals surface area contributed by atoms with Crippen molar-refractivity contribution in [3.05, 3.63) is 46.3 Å². The van der Waals surface area contributed by atoms with Crippen molar-refractivity contribution >= 4 is 0 Å². The molecule has 1 saturated heterocycles. The molecule has 0 radical (unpaired) electrons. The summed E-state index contributed by atoms with van der Waals surface area (Å²) in [7, 11) is 0. The third-order valence-electron chi connectivity index (χ3n) is 5.32. The summed E-state index contributed by atoms with van der Waals surface area (Å²) in [6, 6.07) is 5.02. The molecule has 25 heavy (non-hydrogen) atoms. The summed E-state index contributed by atoms with van der Waals surface area (Å²) < 4.78 is 2.02. The molecule has 2 heterocycles. The first kappa shape index (κ1) is 18.1. The van der Waals surface area contributed by atoms with Crippen LogP contribution in [0.15, 0.2) is 18.3 Å². The Morgan fingerprint density at radius 3 is 2.24 bits per heavy atom. The van der Waals surface area contributed by atoms with Crippen molar-refractivity contribution in [2.24, 2.45) is 5.73 Å². The summed E-state index contributed by atoms with van der Waals surface area (Å²) in [6.45, 7) is 13.8. The summed E-state index contributed by atoms with van der Waals surface area (Å²) in [5, 5.41) is 8.58. The highest BCUT2D eigenvalue weighted by molar-refractivity contribution is 5.37. The van der Waals surface area contributed by atoms with Gasteiger partial charge in [0.15, 0.2) is 0 Å². The van der Waals surface area contributed by atoms with Crippen LogP contribution in [0.4, 0.5) is 0 Å². The lowest BCUT2D eigenvalue weighted by molar-refractivity contribution is 0.171. The van der Waals surface area contributed by atoms with Crippen LogP contribution in [0.2, 0.25) is 0 Å². The minimum atomic E-state index is -0.431. The molecule has 1 aromatic carbocycles. The lowest BCUT2D eigenvalue weighted by Gasteiger charge is -2.32. The smallest absolute Gasteiger partial charge is 0.102 e. The van der Waals surface area contributed by atoms with E-state index in [-0.39, 0.29) is 0 Å². The van der Waals surface area contributed by atoms with Crippen molar-refractivity contribution in [3.63, 3.8) is 0 Å². The molecule has 0 unspecified atom stereocenters. The van der Waals surface area contributed by atoms with E-state index in [1.165, 1.54) is 22.3 Å². The second kappa shape index (κ2) is 6.89. The molecule has 0 amide bonds. The lowest BCUT2D eigenvalue weighted by Crippen LogP contribution is -2.34. The average molecular weight is 342 g/mol. The van der Waals surface area contributed by atoms with Crippen molar-refractivity contribution < 1.29 is 0 Å². The topological polar surface area (TPSA) is 60.0 Å². The predicted octanol–water partition coefficient (Wildman–Crippen LogP) is 3.23. The van der Waals surface area contributed by atoms with Gasteiger partial charge in [0.1, 0.15) is 5.69 Å². The van der Waals surface area contributed by atoms with Gasteiger partial charge in [0.25, 0.3) is 0 Å². The van der Waals surface area contributed by atoms with E-state index in [1.807, 2.05) is 24.7 Å². The standard InChI is InChI=1S/C20H31N5/c1-14-10-15(2)18(16(3)11-14)12-24-8-6-17(7-9-24)25-13-19(22-23-25)20(4,5)21/h10-11,13,17H,6-9,12,21H2,1-5H3. The first-order chi connectivity index (χ1) is 11.7. The minimum absolute atomic E-state index is 0.431. The monoisotopic (exact) mass is 341 g/mol. The zero-order valence-corrected chi connectivity index (χ0v) is 16.2. The summed E-state index contributed by atoms with van der Waals surface area (Å²) in [4.78, 5) is 2.56. The van der Waals surface area contributed by atoms with Crippen molar-refractivity contribution in [3.8, 4) is 0 Å². The summed E-state index contributed by atoms with van der Waals surface area (Å²) in [5.74, 6) is 0. The Balaban J connectivity index is 1.62. The van der Waals surface area contributed by atoms with E-state index in [0.29, 0.717) is 6.04 Å². The molecule has 0 atom stereocenters. The van der Waals surface area contributed by atoms with Crippen molar-refractivity contribution in [1.29, 1.82) is 0 Å². The Bertz CT molecular complexity index is 710. The molecule has 3 rings (SSSR count). The number of hydrogen-bond donors (Lipinski definition) is 1. The minimum Gasteiger partial charge on any atom is -0.320 e. The van der Waals surface area contributed by atoms with Crippen LogP contribution in [0.3, 0.4) is 0 Å². The summed E-state index contributed by atoms with van der Waals surface area (Å²) in [5.41, 5.74) is 12.2. The number of piperidine rings is 1. The van der Waals surface area contributed by atoms with Crippen LogP contribution in [0, 0.1) is 20.8 Å². The second-order valence-corrected chi connectivity index (χ2v) is 8.19. The maximum Gasteiger partial charge on any atom is 0.102 e. The largest absolute Gasteiger partial charge is 0.320 e. The lowest BCUT2D eigenvalue weighted by atomic mass is 9.98. The van der Waals surface area contributed by atoms with E-state index in [0.717, 1.165) is 38.2 Å². The van der Waals surface area contributed by atoms with E-state index in [1.54, 1.807) is 0 Å². The molecule has 1 fully saturated rings. The molecule has 136 valence electrons. The van der Waals surface area contributed by atoms with Gasteiger partial charge in [-0.15, -0.1) is 5.10 Å². The van der Waals surface area contributed by atoms with Crippen LogP contribution in [0.5, 0.6) is 0 Å². The Kier molecular flexibility index (Phi) is 4.98. The van der Waals surface area contributed by atoms with Crippen molar-refractivity contribution in [1.82, 2.24) is 19.9 Å². The van der Waals surface area contributed by atoms with E-state index in [4.69, 9.17) is 5.73 Å². The Hall–Kier alpha value is -1.72. The molecule has 2 aromatic rings. The number of aryl methyl sites for hydroxylation is 3. The Morgan fingerprint density at radius 1 is 1.12 bits per heavy atom. The highest BCUT2D eigenvalue weighted by atomic mass is 15.4. The maximum atomic E-state index is 6.12. The third kappa shape index (κ3) is 4.10. The highest BCUT2D eigenvalue weighted by Gasteiger charge is 2.25. The van der Waals surface area contributed by atoms with Gasteiger partial charge in [0.05, 0.1) is 17.8 Å². The predicted molar refractivity (Wildman–Crippen MR) is 101 cm³/mol. The number of likely N-dealkylation sites (tertiary alicyclic amines) is 1. The second-order valence-electron chi connectivity index (χ2n) is 8.19. The molecule has 0 bridgehead atoms. The molecule has 1 aromatic heterocycles. The maximum absolute atomic E-state index is 6.12. The van der Waals surface area contributed by atoms with E-state index in [2.05, 4.69) is 48.1 Å². The first-order valence-corrected chi connectivity index (χ1v) is 9.24. The molecule has 5 heteroatoms. The highest BCUT2D eigenvalue weighted by Crippen LogP contribution is 2.26. The SMILES string of the molecule is Cc1cc(C)c(CN2CCC(n3cc(C(C)(C)N)nn3)CC2)c(C)c1. The molecule has 0 saturated carbocycles. The third-order valence-corrected chi connectivity index (χ3v) is 5.32. The van der Waals surface area contributed by atoms with Gasteiger partial charge in [-0.3, -0.25) is 4.90 Å². The normalized spacial score (nSPS) is 17.2.